The number of guanidine groups is 2. The third kappa shape index (κ3) is 20.6. The normalized spacial score (nSPS) is 12.2. The van der Waals surface area contributed by atoms with Crippen LogP contribution >= 0.6 is 0 Å². The molecule has 0 saturated heterocycles. The predicted molar refractivity (Wildman–Crippen MR) is 333 cm³/mol. The summed E-state index contributed by atoms with van der Waals surface area (Å²) in [6.45, 7) is 58.4. The topological polar surface area (TPSA) is 59.4 Å². The van der Waals surface area contributed by atoms with E-state index in [1.165, 1.54) is 70.2 Å². The van der Waals surface area contributed by atoms with Crippen molar-refractivity contribution in [2.24, 2.45) is 9.98 Å². The molecule has 6 nitrogen and oxygen atoms in total. The predicted octanol–water partition coefficient (Wildman–Crippen LogP) is 22.6. The first-order valence-electron chi connectivity index (χ1n) is 29.3. The van der Waals surface area contributed by atoms with Crippen molar-refractivity contribution in [2.45, 2.75) is 277 Å². The van der Waals surface area contributed by atoms with Gasteiger partial charge >= 0.3 is 49.4 Å². The van der Waals surface area contributed by atoms with Gasteiger partial charge < -0.3 is 30.4 Å². The number of unbranched alkanes of at least 4 members (excludes halogenated alkanes) is 3. The fourth-order valence-corrected chi connectivity index (χ4v) is 9.86. The Balaban J connectivity index is 0.000000667. The molecule has 0 fully saturated rings. The van der Waals surface area contributed by atoms with E-state index >= 15 is 0 Å². The van der Waals surface area contributed by atoms with E-state index < -0.39 is 0 Å². The van der Waals surface area contributed by atoms with E-state index in [1.54, 1.807) is 0 Å². The van der Waals surface area contributed by atoms with Crippen LogP contribution in [0.1, 0.15) is 298 Å². The first-order chi connectivity index (χ1) is 34.6. The molecule has 0 unspecified atom stereocenters. The van der Waals surface area contributed by atoms with Crippen molar-refractivity contribution in [2.75, 3.05) is 0 Å². The van der Waals surface area contributed by atoms with Crippen LogP contribution in [0.2, 0.25) is 0 Å². The largest absolute Gasteiger partial charge is 2.00 e. The maximum Gasteiger partial charge on any atom is 2.00 e. The molecule has 4 rings (SSSR count). The fraction of sp³-hybridized carbons (Fsp3) is 0.618. The van der Waals surface area contributed by atoms with Crippen molar-refractivity contribution in [3.63, 3.8) is 0 Å². The number of benzene rings is 4. The molecule has 0 atom stereocenters. The van der Waals surface area contributed by atoms with Crippen LogP contribution in [0, 0.1) is 49.4 Å². The number of aliphatic imine (C=N–C) groups is 2. The molecule has 0 aliphatic carbocycles. The average molecular weight is 1160 g/mol. The first kappa shape index (κ1) is 70.0. The van der Waals surface area contributed by atoms with E-state index in [4.69, 9.17) is 20.6 Å². The van der Waals surface area contributed by atoms with E-state index in [0.29, 0.717) is 47.3 Å². The Labute approximate surface area is 504 Å². The molecule has 0 bridgehead atoms. The van der Waals surface area contributed by atoms with Gasteiger partial charge in [0.05, 0.1) is 0 Å². The second-order valence-corrected chi connectivity index (χ2v) is 24.3. The van der Waals surface area contributed by atoms with E-state index in [9.17, 15) is 0 Å². The van der Waals surface area contributed by atoms with Crippen molar-refractivity contribution in [3.8, 4) is 0 Å². The van der Waals surface area contributed by atoms with Crippen molar-refractivity contribution in [1.82, 2.24) is 9.80 Å². The summed E-state index contributed by atoms with van der Waals surface area (Å²) >= 11 is 0. The molecule has 0 heterocycles. The summed E-state index contributed by atoms with van der Waals surface area (Å²) in [5.41, 5.74) is 14.6. The van der Waals surface area contributed by atoms with E-state index in [2.05, 4.69) is 263 Å². The van der Waals surface area contributed by atoms with Gasteiger partial charge in [-0.2, -0.15) is 0 Å². The number of hydrogen-bond donors (Lipinski definition) is 0. The van der Waals surface area contributed by atoms with Crippen LogP contribution in [0.5, 0.6) is 0 Å². The molecule has 4 aromatic rings. The number of para-hydroxylation sites is 4. The zero-order valence-corrected chi connectivity index (χ0v) is 55.2. The second-order valence-electron chi connectivity index (χ2n) is 24.3. The van der Waals surface area contributed by atoms with Crippen LogP contribution < -0.4 is 0 Å². The molecule has 75 heavy (non-hydrogen) atoms. The Morgan fingerprint density at radius 2 is 0.520 bits per heavy atom. The smallest absolute Gasteiger partial charge is 0.421 e. The molecule has 0 aliphatic rings. The third-order valence-corrected chi connectivity index (χ3v) is 13.9. The summed E-state index contributed by atoms with van der Waals surface area (Å²) in [7, 11) is 0. The summed E-state index contributed by atoms with van der Waals surface area (Å²) in [6.07, 6.45) is 5.54. The van der Waals surface area contributed by atoms with Crippen molar-refractivity contribution >= 4 is 34.7 Å². The third-order valence-electron chi connectivity index (χ3n) is 13.9. The first-order valence-corrected chi connectivity index (χ1v) is 29.3. The summed E-state index contributed by atoms with van der Waals surface area (Å²) in [5, 5.41) is 10.8. The maximum atomic E-state index is 5.42. The Bertz CT molecular complexity index is 2040. The van der Waals surface area contributed by atoms with Gasteiger partial charge in [0.25, 0.3) is 0 Å². The Hall–Kier alpha value is -3.00. The van der Waals surface area contributed by atoms with Crippen LogP contribution in [0.15, 0.2) is 82.8 Å². The molecule has 1 radical (unpaired) electrons. The molecule has 0 spiro atoms. The zero-order chi connectivity index (χ0) is 56.3. The molecule has 419 valence electrons. The van der Waals surface area contributed by atoms with E-state index in [1.807, 2.05) is 0 Å². The van der Waals surface area contributed by atoms with Crippen LogP contribution in [-0.4, -0.2) is 45.9 Å². The summed E-state index contributed by atoms with van der Waals surface area (Å²) in [6, 6.07) is 27.6. The van der Waals surface area contributed by atoms with Gasteiger partial charge in [0, 0.05) is 11.9 Å². The fourth-order valence-electron chi connectivity index (χ4n) is 9.86. The van der Waals surface area contributed by atoms with Gasteiger partial charge in [0.2, 0.25) is 0 Å². The van der Waals surface area contributed by atoms with Gasteiger partial charge in [-0.15, -0.1) is 0 Å². The second kappa shape index (κ2) is 34.1. The van der Waals surface area contributed by atoms with Crippen LogP contribution in [0.25, 0.3) is 10.6 Å². The Morgan fingerprint density at radius 1 is 0.333 bits per heavy atom. The number of rotatable bonds is 19. The summed E-state index contributed by atoms with van der Waals surface area (Å²) in [5.74, 6) is 4.74. The SMILES string of the molecule is CC(C)c1cccc(C(C)C)c1N=C([N-]c1c(C(C)C)cccc1C(C)C)N(C(C)C)C(C)C.CC(C)c1cccc(C(C)C)c1N=C([N-]c1c(C(C)C)cccc1C(C)C)N(C(C)C)C(C)C.CCCCCC.[Eu+2]. The van der Waals surface area contributed by atoms with Gasteiger partial charge in [-0.1, -0.05) is 278 Å². The van der Waals surface area contributed by atoms with E-state index in [-0.39, 0.29) is 73.5 Å². The molecular weight excluding hydrogens is 1050 g/mol. The van der Waals surface area contributed by atoms with Gasteiger partial charge in [-0.3, -0.25) is 0 Å². The zero-order valence-electron chi connectivity index (χ0n) is 52.7. The van der Waals surface area contributed by atoms with Crippen molar-refractivity contribution in [1.29, 1.82) is 0 Å². The van der Waals surface area contributed by atoms with Crippen molar-refractivity contribution < 1.29 is 49.4 Å². The minimum absolute atomic E-state index is 0. The summed E-state index contributed by atoms with van der Waals surface area (Å²) in [4.78, 5) is 15.6. The quantitative estimate of drug-likeness (QED) is 0.0534. The minimum atomic E-state index is 0. The molecule has 0 amide bonds. The maximum absolute atomic E-state index is 5.42. The Kier molecular flexibility index (Phi) is 31.8. The standard InChI is InChI=1S/2C31H48N3.C6H14.Eu/c2*1-19(2)25-15-13-16-26(20(3)4)29(25)32-31(34(23(9)10)24(11)12)33-30-27(21(5)6)17-14-18-28(30)22(7)8;1-3-5-6-4-2;/h2*13-24H,1-12H3;3-6H2,1-2H3;/q2*-1;;+2. The van der Waals surface area contributed by atoms with Gasteiger partial charge in [0.1, 0.15) is 0 Å². The van der Waals surface area contributed by atoms with Crippen LogP contribution in [0.4, 0.5) is 22.7 Å². The molecule has 0 saturated carbocycles. The summed E-state index contributed by atoms with van der Waals surface area (Å²) < 4.78 is 0. The van der Waals surface area contributed by atoms with Crippen LogP contribution in [-0.2, 0) is 0 Å². The molecule has 0 N–H and O–H groups in total. The minimum Gasteiger partial charge on any atom is -0.421 e. The van der Waals surface area contributed by atoms with Gasteiger partial charge in [-0.05, 0) is 139 Å². The van der Waals surface area contributed by atoms with Crippen LogP contribution in [0.3, 0.4) is 0 Å². The molecule has 0 aliphatic heterocycles. The Morgan fingerprint density at radius 3 is 0.680 bits per heavy atom. The monoisotopic (exact) mass is 1160 g/mol. The number of nitrogens with zero attached hydrogens (tertiary/aromatic N) is 6. The van der Waals surface area contributed by atoms with Gasteiger partial charge in [-0.25, -0.2) is 0 Å². The molecular formula is C68H110EuN6. The van der Waals surface area contributed by atoms with E-state index in [0.717, 1.165) is 34.7 Å². The molecule has 4 aromatic carbocycles. The molecule has 7 heteroatoms. The average Bonchev–Trinajstić information content (AvgIpc) is 3.30. The van der Waals surface area contributed by atoms with Gasteiger partial charge in [0.15, 0.2) is 0 Å². The number of hydrogen-bond acceptors (Lipinski definition) is 2. The van der Waals surface area contributed by atoms with Crippen molar-refractivity contribution in [3.05, 3.63) is 128 Å². The molecule has 0 aromatic heterocycles.